The van der Waals surface area contributed by atoms with Crippen LogP contribution in [0.5, 0.6) is 0 Å². The fourth-order valence-corrected chi connectivity index (χ4v) is 2.26. The maximum absolute atomic E-state index is 5.30. The van der Waals surface area contributed by atoms with Gasteiger partial charge in [-0.1, -0.05) is 19.1 Å². The van der Waals surface area contributed by atoms with Gasteiger partial charge in [0, 0.05) is 17.4 Å². The summed E-state index contributed by atoms with van der Waals surface area (Å²) in [6.07, 6.45) is 2.69. The smallest absolute Gasteiger partial charge is 0.225 e. The van der Waals surface area contributed by atoms with Crippen LogP contribution in [-0.2, 0) is 13.0 Å². The van der Waals surface area contributed by atoms with E-state index in [1.165, 1.54) is 5.56 Å². The molecular formula is C18H20N4O. The first-order chi connectivity index (χ1) is 11.2. The Morgan fingerprint density at radius 3 is 2.61 bits per heavy atom. The van der Waals surface area contributed by atoms with Crippen molar-refractivity contribution in [1.29, 1.82) is 0 Å². The van der Waals surface area contributed by atoms with Crippen molar-refractivity contribution in [3.8, 4) is 0 Å². The van der Waals surface area contributed by atoms with Gasteiger partial charge in [-0.25, -0.2) is 4.98 Å². The van der Waals surface area contributed by atoms with E-state index >= 15 is 0 Å². The topological polar surface area (TPSA) is 63.0 Å². The minimum atomic E-state index is 0.557. The molecule has 0 aliphatic rings. The molecule has 0 unspecified atom stereocenters. The van der Waals surface area contributed by atoms with Crippen LogP contribution < -0.4 is 10.6 Å². The largest absolute Gasteiger partial charge is 0.467 e. The Balaban J connectivity index is 1.71. The van der Waals surface area contributed by atoms with E-state index in [1.807, 2.05) is 25.1 Å². The lowest BCUT2D eigenvalue weighted by atomic mass is 10.1. The van der Waals surface area contributed by atoms with Crippen LogP contribution in [0.3, 0.4) is 0 Å². The molecule has 5 nitrogen and oxygen atoms in total. The molecule has 3 rings (SSSR count). The summed E-state index contributed by atoms with van der Waals surface area (Å²) < 4.78 is 5.30. The summed E-state index contributed by atoms with van der Waals surface area (Å²) in [4.78, 5) is 8.89. The van der Waals surface area contributed by atoms with Crippen molar-refractivity contribution in [2.45, 2.75) is 26.8 Å². The highest BCUT2D eigenvalue weighted by Crippen LogP contribution is 2.18. The minimum absolute atomic E-state index is 0.557. The predicted octanol–water partition coefficient (Wildman–Crippen LogP) is 4.30. The second kappa shape index (κ2) is 6.96. The molecule has 0 spiro atoms. The summed E-state index contributed by atoms with van der Waals surface area (Å²) in [5.41, 5.74) is 3.22. The highest BCUT2D eigenvalue weighted by atomic mass is 16.3. The molecule has 0 radical (unpaired) electrons. The van der Waals surface area contributed by atoms with E-state index in [-0.39, 0.29) is 0 Å². The molecule has 0 aliphatic carbocycles. The average Bonchev–Trinajstić information content (AvgIpc) is 3.07. The fraction of sp³-hybridized carbons (Fsp3) is 0.222. The van der Waals surface area contributed by atoms with Gasteiger partial charge >= 0.3 is 0 Å². The van der Waals surface area contributed by atoms with Crippen LogP contribution in [0.4, 0.5) is 17.5 Å². The van der Waals surface area contributed by atoms with Gasteiger partial charge in [0.15, 0.2) is 0 Å². The lowest BCUT2D eigenvalue weighted by Gasteiger charge is -2.10. The van der Waals surface area contributed by atoms with Crippen LogP contribution >= 0.6 is 0 Å². The lowest BCUT2D eigenvalue weighted by Crippen LogP contribution is -2.05. The van der Waals surface area contributed by atoms with E-state index in [2.05, 4.69) is 51.8 Å². The maximum atomic E-state index is 5.30. The molecule has 5 heteroatoms. The molecule has 0 saturated carbocycles. The summed E-state index contributed by atoms with van der Waals surface area (Å²) in [6, 6.07) is 14.1. The number of anilines is 3. The fourth-order valence-electron chi connectivity index (χ4n) is 2.26. The van der Waals surface area contributed by atoms with Gasteiger partial charge in [0.25, 0.3) is 0 Å². The zero-order chi connectivity index (χ0) is 16.1. The van der Waals surface area contributed by atoms with E-state index in [4.69, 9.17) is 4.42 Å². The zero-order valence-corrected chi connectivity index (χ0v) is 13.3. The van der Waals surface area contributed by atoms with Gasteiger partial charge in [0.05, 0.1) is 12.8 Å². The van der Waals surface area contributed by atoms with E-state index in [0.717, 1.165) is 29.4 Å². The summed E-state index contributed by atoms with van der Waals surface area (Å²) in [6.45, 7) is 4.65. The van der Waals surface area contributed by atoms with Gasteiger partial charge in [-0.15, -0.1) is 0 Å². The zero-order valence-electron chi connectivity index (χ0n) is 13.3. The van der Waals surface area contributed by atoms with Gasteiger partial charge in [-0.3, -0.25) is 0 Å². The second-order valence-corrected chi connectivity index (χ2v) is 5.33. The van der Waals surface area contributed by atoms with Crippen molar-refractivity contribution in [3.05, 3.63) is 65.7 Å². The van der Waals surface area contributed by atoms with Crippen molar-refractivity contribution in [3.63, 3.8) is 0 Å². The van der Waals surface area contributed by atoms with Crippen molar-refractivity contribution < 1.29 is 4.42 Å². The molecule has 2 heterocycles. The molecule has 1 aromatic carbocycles. The Bertz CT molecular complexity index is 751. The molecule has 0 bridgehead atoms. The van der Waals surface area contributed by atoms with E-state index < -0.39 is 0 Å². The predicted molar refractivity (Wildman–Crippen MR) is 91.9 cm³/mol. The third-order valence-electron chi connectivity index (χ3n) is 3.49. The monoisotopic (exact) mass is 308 g/mol. The molecule has 3 aromatic rings. The lowest BCUT2D eigenvalue weighted by molar-refractivity contribution is 0.517. The van der Waals surface area contributed by atoms with E-state index in [9.17, 15) is 0 Å². The summed E-state index contributed by atoms with van der Waals surface area (Å²) in [5.74, 6) is 2.19. The highest BCUT2D eigenvalue weighted by Gasteiger charge is 2.04. The standard InChI is InChI=1S/C18H20N4O/c1-3-14-6-8-15(9-7-14)21-17-11-13(2)20-18(22-17)19-12-16-5-4-10-23-16/h4-11H,3,12H2,1-2H3,(H2,19,20,21,22). The van der Waals surface area contributed by atoms with Crippen LogP contribution in [0, 0.1) is 6.92 Å². The molecule has 118 valence electrons. The minimum Gasteiger partial charge on any atom is -0.467 e. The molecule has 2 N–H and O–H groups in total. The quantitative estimate of drug-likeness (QED) is 0.711. The Hall–Kier alpha value is -2.82. The number of benzene rings is 1. The van der Waals surface area contributed by atoms with Gasteiger partial charge in [-0.05, 0) is 43.2 Å². The Kier molecular flexibility index (Phi) is 4.57. The molecule has 0 fully saturated rings. The number of nitrogens with zero attached hydrogens (tertiary/aromatic N) is 2. The van der Waals surface area contributed by atoms with Crippen molar-refractivity contribution in [1.82, 2.24) is 9.97 Å². The molecule has 0 atom stereocenters. The molecule has 0 amide bonds. The van der Waals surface area contributed by atoms with Crippen LogP contribution in [0.25, 0.3) is 0 Å². The van der Waals surface area contributed by atoms with Gasteiger partial charge in [-0.2, -0.15) is 4.98 Å². The number of hydrogen-bond donors (Lipinski definition) is 2. The van der Waals surface area contributed by atoms with E-state index in [0.29, 0.717) is 12.5 Å². The van der Waals surface area contributed by atoms with Crippen LogP contribution in [-0.4, -0.2) is 9.97 Å². The highest BCUT2D eigenvalue weighted by molar-refractivity contribution is 5.57. The number of hydrogen-bond acceptors (Lipinski definition) is 5. The summed E-state index contributed by atoms with van der Waals surface area (Å²) in [5, 5.41) is 6.49. The molecule has 0 saturated heterocycles. The van der Waals surface area contributed by atoms with Crippen LogP contribution in [0.1, 0.15) is 23.9 Å². The average molecular weight is 308 g/mol. The Morgan fingerprint density at radius 1 is 1.09 bits per heavy atom. The van der Waals surface area contributed by atoms with Gasteiger partial charge in [0.1, 0.15) is 11.6 Å². The summed E-state index contributed by atoms with van der Waals surface area (Å²) >= 11 is 0. The van der Waals surface area contributed by atoms with Crippen LogP contribution in [0.2, 0.25) is 0 Å². The second-order valence-electron chi connectivity index (χ2n) is 5.33. The molecule has 23 heavy (non-hydrogen) atoms. The third kappa shape index (κ3) is 4.10. The number of aryl methyl sites for hydroxylation is 2. The number of furan rings is 1. The first-order valence-electron chi connectivity index (χ1n) is 7.71. The third-order valence-corrected chi connectivity index (χ3v) is 3.49. The van der Waals surface area contributed by atoms with Crippen molar-refractivity contribution >= 4 is 17.5 Å². The molecule has 2 aromatic heterocycles. The number of nitrogens with one attached hydrogen (secondary N) is 2. The molecule has 0 aliphatic heterocycles. The first-order valence-corrected chi connectivity index (χ1v) is 7.71. The maximum Gasteiger partial charge on any atom is 0.225 e. The van der Waals surface area contributed by atoms with Crippen molar-refractivity contribution in [2.75, 3.05) is 10.6 Å². The SMILES string of the molecule is CCc1ccc(Nc2cc(C)nc(NCc3ccco3)n2)cc1. The van der Waals surface area contributed by atoms with Crippen molar-refractivity contribution in [2.24, 2.45) is 0 Å². The van der Waals surface area contributed by atoms with Crippen LogP contribution in [0.15, 0.2) is 53.1 Å². The summed E-state index contributed by atoms with van der Waals surface area (Å²) in [7, 11) is 0. The Morgan fingerprint density at radius 2 is 1.91 bits per heavy atom. The molecular weight excluding hydrogens is 288 g/mol. The normalized spacial score (nSPS) is 10.5. The number of aromatic nitrogens is 2. The first kappa shape index (κ1) is 15.1. The van der Waals surface area contributed by atoms with Gasteiger partial charge < -0.3 is 15.1 Å². The van der Waals surface area contributed by atoms with Gasteiger partial charge in [0.2, 0.25) is 5.95 Å². The Labute approximate surface area is 135 Å². The number of rotatable bonds is 6. The van der Waals surface area contributed by atoms with E-state index in [1.54, 1.807) is 6.26 Å².